The van der Waals surface area contributed by atoms with Gasteiger partial charge in [-0.1, -0.05) is 59.3 Å². The van der Waals surface area contributed by atoms with E-state index in [1.807, 2.05) is 0 Å². The summed E-state index contributed by atoms with van der Waals surface area (Å²) in [5, 5.41) is 0. The zero-order valence-corrected chi connectivity index (χ0v) is 11.1. The first-order chi connectivity index (χ1) is 7.81. The predicted molar refractivity (Wildman–Crippen MR) is 73.8 cm³/mol. The van der Waals surface area contributed by atoms with Crippen LogP contribution >= 0.6 is 0 Å². The summed E-state index contributed by atoms with van der Waals surface area (Å²) in [6.45, 7) is 10.0. The summed E-state index contributed by atoms with van der Waals surface area (Å²) in [4.78, 5) is 0. The van der Waals surface area contributed by atoms with Crippen LogP contribution in [0.2, 0.25) is 0 Å². The van der Waals surface area contributed by atoms with Gasteiger partial charge in [0.1, 0.15) is 0 Å². The zero-order chi connectivity index (χ0) is 12.1. The third-order valence-electron chi connectivity index (χ3n) is 2.87. The molecule has 1 atom stereocenters. The van der Waals surface area contributed by atoms with Gasteiger partial charge in [-0.05, 0) is 18.8 Å². The van der Waals surface area contributed by atoms with Crippen LogP contribution in [0.3, 0.4) is 0 Å². The van der Waals surface area contributed by atoms with Gasteiger partial charge in [0, 0.05) is 12.8 Å². The Kier molecular flexibility index (Phi) is 12.3. The maximum atomic E-state index is 3.88. The maximum Gasteiger partial charge on any atom is 0.00886 e. The molecule has 0 spiro atoms. The standard InChI is InChI=1S/C16H28/c1-4-6-8-9-10-11-12-13-15-16(3)14-7-5-2/h16H,1-2,4-8,11-15H2,3H3. The summed E-state index contributed by atoms with van der Waals surface area (Å²) in [5.41, 5.74) is 0. The van der Waals surface area contributed by atoms with E-state index >= 15 is 0 Å². The van der Waals surface area contributed by atoms with Crippen molar-refractivity contribution in [3.05, 3.63) is 13.8 Å². The van der Waals surface area contributed by atoms with Crippen LogP contribution in [0.25, 0.3) is 0 Å². The Morgan fingerprint density at radius 3 is 2.00 bits per heavy atom. The monoisotopic (exact) mass is 220 g/mol. The van der Waals surface area contributed by atoms with E-state index in [0.717, 1.165) is 38.0 Å². The Morgan fingerprint density at radius 1 is 0.812 bits per heavy atom. The van der Waals surface area contributed by atoms with Crippen LogP contribution in [0, 0.1) is 31.6 Å². The van der Waals surface area contributed by atoms with Gasteiger partial charge in [-0.3, -0.25) is 0 Å². The third-order valence-corrected chi connectivity index (χ3v) is 2.87. The van der Waals surface area contributed by atoms with E-state index in [2.05, 4.69) is 32.6 Å². The van der Waals surface area contributed by atoms with E-state index in [9.17, 15) is 0 Å². The quantitative estimate of drug-likeness (QED) is 0.370. The fourth-order valence-corrected chi connectivity index (χ4v) is 1.73. The Morgan fingerprint density at radius 2 is 1.38 bits per heavy atom. The van der Waals surface area contributed by atoms with E-state index in [4.69, 9.17) is 0 Å². The average molecular weight is 220 g/mol. The van der Waals surface area contributed by atoms with Crippen LogP contribution in [0.1, 0.15) is 71.1 Å². The van der Waals surface area contributed by atoms with Gasteiger partial charge in [-0.2, -0.15) is 0 Å². The van der Waals surface area contributed by atoms with Crippen LogP contribution in [0.5, 0.6) is 0 Å². The molecule has 0 amide bonds. The highest BCUT2D eigenvalue weighted by atomic mass is 14.1. The minimum absolute atomic E-state index is 0.876. The fourth-order valence-electron chi connectivity index (χ4n) is 1.73. The molecule has 0 saturated carbocycles. The van der Waals surface area contributed by atoms with Crippen molar-refractivity contribution in [2.24, 2.45) is 5.92 Å². The van der Waals surface area contributed by atoms with E-state index in [-0.39, 0.29) is 0 Å². The molecule has 0 heteroatoms. The topological polar surface area (TPSA) is 0 Å². The lowest BCUT2D eigenvalue weighted by molar-refractivity contribution is 0.455. The van der Waals surface area contributed by atoms with Crippen molar-refractivity contribution in [3.8, 4) is 11.8 Å². The van der Waals surface area contributed by atoms with Crippen molar-refractivity contribution in [2.75, 3.05) is 0 Å². The zero-order valence-electron chi connectivity index (χ0n) is 11.1. The van der Waals surface area contributed by atoms with Gasteiger partial charge in [0.2, 0.25) is 0 Å². The summed E-state index contributed by atoms with van der Waals surface area (Å²) in [7, 11) is 0. The summed E-state index contributed by atoms with van der Waals surface area (Å²) in [6, 6.07) is 0. The number of hydrogen-bond donors (Lipinski definition) is 0. The summed E-state index contributed by atoms with van der Waals surface area (Å²) >= 11 is 0. The molecule has 0 aromatic heterocycles. The molecular formula is C16H28. The Hall–Kier alpha value is -0.440. The van der Waals surface area contributed by atoms with Gasteiger partial charge in [0.05, 0.1) is 0 Å². The van der Waals surface area contributed by atoms with Gasteiger partial charge in [0.15, 0.2) is 0 Å². The molecule has 2 radical (unpaired) electrons. The lowest BCUT2D eigenvalue weighted by atomic mass is 9.97. The molecule has 0 heterocycles. The molecule has 0 saturated heterocycles. The Bertz CT molecular complexity index is 182. The lowest BCUT2D eigenvalue weighted by Crippen LogP contribution is -1.94. The minimum atomic E-state index is 0.876. The number of hydrogen-bond acceptors (Lipinski definition) is 0. The molecule has 0 fully saturated rings. The van der Waals surface area contributed by atoms with Gasteiger partial charge in [0.25, 0.3) is 0 Å². The van der Waals surface area contributed by atoms with Crippen LogP contribution in [-0.4, -0.2) is 0 Å². The molecule has 0 aliphatic rings. The summed E-state index contributed by atoms with van der Waals surface area (Å²) in [6.07, 6.45) is 12.0. The van der Waals surface area contributed by atoms with Crippen LogP contribution in [0.15, 0.2) is 0 Å². The molecule has 0 aromatic carbocycles. The Labute approximate surface area is 103 Å². The molecule has 0 aliphatic carbocycles. The van der Waals surface area contributed by atoms with Crippen molar-refractivity contribution < 1.29 is 0 Å². The normalized spacial score (nSPS) is 11.9. The van der Waals surface area contributed by atoms with Crippen molar-refractivity contribution >= 4 is 0 Å². The van der Waals surface area contributed by atoms with Crippen LogP contribution < -0.4 is 0 Å². The van der Waals surface area contributed by atoms with E-state index < -0.39 is 0 Å². The fraction of sp³-hybridized carbons (Fsp3) is 0.750. The third kappa shape index (κ3) is 11.6. The molecule has 0 N–H and O–H groups in total. The molecule has 0 rings (SSSR count). The molecule has 16 heavy (non-hydrogen) atoms. The molecule has 0 aromatic rings. The first-order valence-corrected chi connectivity index (χ1v) is 6.85. The van der Waals surface area contributed by atoms with Gasteiger partial charge in [-0.25, -0.2) is 0 Å². The average Bonchev–Trinajstić information content (AvgIpc) is 2.30. The van der Waals surface area contributed by atoms with Gasteiger partial charge >= 0.3 is 0 Å². The van der Waals surface area contributed by atoms with Crippen molar-refractivity contribution in [3.63, 3.8) is 0 Å². The summed E-state index contributed by atoms with van der Waals surface area (Å²) in [5.74, 6) is 7.34. The second-order valence-corrected chi connectivity index (χ2v) is 4.66. The predicted octanol–water partition coefficient (Wildman–Crippen LogP) is 5.20. The lowest BCUT2D eigenvalue weighted by Gasteiger charge is -2.08. The highest BCUT2D eigenvalue weighted by Crippen LogP contribution is 2.15. The smallest absolute Gasteiger partial charge is 0.00886 e. The molecule has 92 valence electrons. The maximum absolute atomic E-state index is 3.88. The van der Waals surface area contributed by atoms with Gasteiger partial charge in [-0.15, -0.1) is 11.8 Å². The summed E-state index contributed by atoms with van der Waals surface area (Å²) < 4.78 is 0. The highest BCUT2D eigenvalue weighted by Gasteiger charge is 2.00. The number of unbranched alkanes of at least 4 members (excludes halogenated alkanes) is 5. The van der Waals surface area contributed by atoms with Crippen molar-refractivity contribution in [1.82, 2.24) is 0 Å². The molecule has 0 aliphatic heterocycles. The first-order valence-electron chi connectivity index (χ1n) is 6.85. The molecular weight excluding hydrogens is 192 g/mol. The molecule has 0 nitrogen and oxygen atoms in total. The molecule has 0 bridgehead atoms. The van der Waals surface area contributed by atoms with E-state index in [1.54, 1.807) is 0 Å². The van der Waals surface area contributed by atoms with Gasteiger partial charge < -0.3 is 0 Å². The number of rotatable bonds is 9. The SMILES string of the molecule is [CH2]CCCC#CCCCCC(C)CCC[CH2]. The second-order valence-electron chi connectivity index (χ2n) is 4.66. The van der Waals surface area contributed by atoms with Crippen molar-refractivity contribution in [2.45, 2.75) is 71.1 Å². The Balaban J connectivity index is 3.21. The highest BCUT2D eigenvalue weighted by molar-refractivity contribution is 4.98. The van der Waals surface area contributed by atoms with Crippen LogP contribution in [0.4, 0.5) is 0 Å². The largest absolute Gasteiger partial charge is 0.103 e. The minimum Gasteiger partial charge on any atom is -0.103 e. The first kappa shape index (κ1) is 15.6. The van der Waals surface area contributed by atoms with Crippen LogP contribution in [-0.2, 0) is 0 Å². The van der Waals surface area contributed by atoms with E-state index in [1.165, 1.54) is 32.1 Å². The molecule has 1 unspecified atom stereocenters. The van der Waals surface area contributed by atoms with E-state index in [0.29, 0.717) is 0 Å². The van der Waals surface area contributed by atoms with Crippen molar-refractivity contribution in [1.29, 1.82) is 0 Å². The second kappa shape index (κ2) is 12.6.